The maximum Gasteiger partial charge on any atom is 0.286 e. The Morgan fingerprint density at radius 1 is 1.07 bits per heavy atom. The molecule has 40 heavy (non-hydrogen) atoms. The van der Waals surface area contributed by atoms with Gasteiger partial charge in [0.05, 0.1) is 23.1 Å². The number of hydrogen-bond donors (Lipinski definition) is 2. The molecule has 13 heteroatoms. The third-order valence-electron chi connectivity index (χ3n) is 7.28. The predicted octanol–water partition coefficient (Wildman–Crippen LogP) is 3.65. The lowest BCUT2D eigenvalue weighted by Crippen LogP contribution is -2.52. The van der Waals surface area contributed by atoms with Crippen LogP contribution in [0.3, 0.4) is 0 Å². The number of ketones is 2. The first-order valence-corrected chi connectivity index (χ1v) is 15.8. The van der Waals surface area contributed by atoms with Crippen LogP contribution in [0.1, 0.15) is 55.5 Å². The molecule has 2 aliphatic rings. The van der Waals surface area contributed by atoms with Crippen molar-refractivity contribution in [2.24, 2.45) is 17.4 Å². The topological polar surface area (TPSA) is 157 Å². The highest BCUT2D eigenvalue weighted by atomic mass is 32.2. The number of nitrogens with zero attached hydrogens (tertiary/aromatic N) is 3. The van der Waals surface area contributed by atoms with Gasteiger partial charge in [0.1, 0.15) is 16.6 Å². The number of sulfonamides is 2. The molecule has 2 heterocycles. The Kier molecular flexibility index (Phi) is 6.91. The van der Waals surface area contributed by atoms with E-state index in [0.717, 1.165) is 6.07 Å². The SMILES string of the molecule is CCCC1(CCC)C(=O)C(C2=NS(=O)(=O)c3cc(NS(=O)(=O)c4cn(C)cn4)ccc3N2)C(=O)c2ccccc21. The van der Waals surface area contributed by atoms with Crippen molar-refractivity contribution in [2.75, 3.05) is 10.0 Å². The average Bonchev–Trinajstić information content (AvgIpc) is 3.35. The molecule has 2 N–H and O–H groups in total. The van der Waals surface area contributed by atoms with E-state index in [1.165, 1.54) is 29.2 Å². The second kappa shape index (κ2) is 9.97. The molecule has 210 valence electrons. The van der Waals surface area contributed by atoms with Crippen molar-refractivity contribution in [1.29, 1.82) is 0 Å². The maximum atomic E-state index is 14.1. The van der Waals surface area contributed by atoms with Crippen molar-refractivity contribution in [3.05, 3.63) is 66.1 Å². The van der Waals surface area contributed by atoms with Crippen LogP contribution in [0.15, 0.2) is 69.3 Å². The summed E-state index contributed by atoms with van der Waals surface area (Å²) in [7, 11) is -6.85. The fourth-order valence-corrected chi connectivity index (χ4v) is 7.86. The largest absolute Gasteiger partial charge is 0.341 e. The molecule has 1 unspecified atom stereocenters. The van der Waals surface area contributed by atoms with Gasteiger partial charge in [-0.05, 0) is 36.6 Å². The molecule has 5 rings (SSSR count). The van der Waals surface area contributed by atoms with Gasteiger partial charge in [-0.2, -0.15) is 16.8 Å². The lowest BCUT2D eigenvalue weighted by Gasteiger charge is -2.41. The van der Waals surface area contributed by atoms with Gasteiger partial charge in [0.25, 0.3) is 20.0 Å². The number of fused-ring (bicyclic) bond motifs is 2. The summed E-state index contributed by atoms with van der Waals surface area (Å²) in [5.41, 5.74) is 0.190. The maximum absolute atomic E-state index is 14.1. The minimum atomic E-state index is -4.40. The first-order valence-electron chi connectivity index (χ1n) is 12.9. The van der Waals surface area contributed by atoms with Gasteiger partial charge in [0, 0.05) is 18.8 Å². The number of rotatable bonds is 8. The standard InChI is InChI=1S/C27H29N5O6S2/c1-4-12-27(13-5-2)19-9-7-6-8-18(19)24(33)23(25(27)34)26-29-20-11-10-17(14-21(20)39(35,36)31-26)30-40(37,38)22-15-32(3)16-28-22/h6-11,14-16,23,30H,4-5,12-13H2,1-3H3,(H,29,31). The molecular weight excluding hydrogens is 554 g/mol. The Hall–Kier alpha value is -3.84. The van der Waals surface area contributed by atoms with Crippen molar-refractivity contribution < 1.29 is 26.4 Å². The van der Waals surface area contributed by atoms with Gasteiger partial charge < -0.3 is 9.88 Å². The number of amidine groups is 1. The second-order valence-corrected chi connectivity index (χ2v) is 13.3. The van der Waals surface area contributed by atoms with Gasteiger partial charge in [-0.3, -0.25) is 14.3 Å². The lowest BCUT2D eigenvalue weighted by atomic mass is 9.60. The van der Waals surface area contributed by atoms with Crippen LogP contribution in [-0.2, 0) is 37.3 Å². The first-order chi connectivity index (χ1) is 18.9. The molecule has 1 aliphatic carbocycles. The molecule has 11 nitrogen and oxygen atoms in total. The minimum absolute atomic E-state index is 0.0166. The number of nitrogens with one attached hydrogen (secondary N) is 2. The van der Waals surface area contributed by atoms with Crippen LogP contribution in [0, 0.1) is 5.92 Å². The van der Waals surface area contributed by atoms with Crippen molar-refractivity contribution in [2.45, 2.75) is 54.9 Å². The molecule has 0 radical (unpaired) electrons. The molecule has 1 aromatic heterocycles. The zero-order chi connectivity index (χ0) is 28.9. The third kappa shape index (κ3) is 4.52. The summed E-state index contributed by atoms with van der Waals surface area (Å²) in [6.07, 6.45) is 5.04. The Bertz CT molecular complexity index is 1770. The summed E-state index contributed by atoms with van der Waals surface area (Å²) in [5.74, 6) is -2.55. The quantitative estimate of drug-likeness (QED) is 0.381. The minimum Gasteiger partial charge on any atom is -0.341 e. The fraction of sp³-hybridized carbons (Fsp3) is 0.333. The summed E-state index contributed by atoms with van der Waals surface area (Å²) in [6.45, 7) is 3.94. The number of hydrogen-bond acceptors (Lipinski definition) is 8. The van der Waals surface area contributed by atoms with E-state index in [9.17, 15) is 26.4 Å². The molecule has 1 aliphatic heterocycles. The summed E-state index contributed by atoms with van der Waals surface area (Å²) >= 11 is 0. The van der Waals surface area contributed by atoms with Gasteiger partial charge in [-0.1, -0.05) is 51.0 Å². The highest BCUT2D eigenvalue weighted by Crippen LogP contribution is 2.45. The zero-order valence-electron chi connectivity index (χ0n) is 22.2. The number of aryl methyl sites for hydroxylation is 1. The van der Waals surface area contributed by atoms with Crippen LogP contribution in [0.5, 0.6) is 0 Å². The van der Waals surface area contributed by atoms with E-state index in [0.29, 0.717) is 36.8 Å². The smallest absolute Gasteiger partial charge is 0.286 e. The van der Waals surface area contributed by atoms with Crippen LogP contribution >= 0.6 is 0 Å². The van der Waals surface area contributed by atoms with E-state index in [2.05, 4.69) is 19.4 Å². The number of anilines is 2. The number of aromatic nitrogens is 2. The number of carbonyl (C=O) groups excluding carboxylic acids is 2. The summed E-state index contributed by atoms with van der Waals surface area (Å²) in [5, 5.41) is 2.67. The Morgan fingerprint density at radius 3 is 2.42 bits per heavy atom. The lowest BCUT2D eigenvalue weighted by molar-refractivity contribution is -0.126. The third-order valence-corrected chi connectivity index (χ3v) is 9.88. The van der Waals surface area contributed by atoms with Crippen molar-refractivity contribution in [3.63, 3.8) is 0 Å². The fourth-order valence-electron chi connectivity index (χ4n) is 5.64. The highest BCUT2D eigenvalue weighted by molar-refractivity contribution is 7.92. The van der Waals surface area contributed by atoms with Crippen LogP contribution in [0.2, 0.25) is 0 Å². The van der Waals surface area contributed by atoms with E-state index >= 15 is 0 Å². The first kappa shape index (κ1) is 27.7. The number of benzene rings is 2. The van der Waals surface area contributed by atoms with Crippen LogP contribution in [-0.4, -0.2) is 43.8 Å². The Morgan fingerprint density at radius 2 is 1.77 bits per heavy atom. The van der Waals surface area contributed by atoms with E-state index in [4.69, 9.17) is 0 Å². The van der Waals surface area contributed by atoms with Gasteiger partial charge in [-0.25, -0.2) is 4.98 Å². The van der Waals surface area contributed by atoms with Crippen molar-refractivity contribution in [1.82, 2.24) is 9.55 Å². The van der Waals surface area contributed by atoms with Gasteiger partial charge in [0.15, 0.2) is 16.6 Å². The molecule has 2 aromatic carbocycles. The van der Waals surface area contributed by atoms with Crippen molar-refractivity contribution in [3.8, 4) is 0 Å². The Labute approximate surface area is 232 Å². The summed E-state index contributed by atoms with van der Waals surface area (Å²) < 4.78 is 59.7. The summed E-state index contributed by atoms with van der Waals surface area (Å²) in [6, 6.07) is 10.9. The van der Waals surface area contributed by atoms with E-state index in [-0.39, 0.29) is 32.9 Å². The second-order valence-electron chi connectivity index (χ2n) is 10.1. The molecule has 0 fully saturated rings. The van der Waals surface area contributed by atoms with Crippen LogP contribution < -0.4 is 10.0 Å². The number of imidazole rings is 1. The van der Waals surface area contributed by atoms with Crippen molar-refractivity contribution >= 4 is 48.8 Å². The molecule has 0 saturated carbocycles. The normalized spacial score (nSPS) is 19.3. The van der Waals surface area contributed by atoms with E-state index in [1.807, 2.05) is 19.9 Å². The predicted molar refractivity (Wildman–Crippen MR) is 149 cm³/mol. The number of carbonyl (C=O) groups is 2. The van der Waals surface area contributed by atoms with E-state index < -0.39 is 37.2 Å². The number of Topliss-reactive ketones (excluding diaryl/α,β-unsaturated/α-hetero) is 2. The molecular formula is C27H29N5O6S2. The molecule has 3 aromatic rings. The van der Waals surface area contributed by atoms with Crippen LogP contribution in [0.4, 0.5) is 11.4 Å². The van der Waals surface area contributed by atoms with Gasteiger partial charge >= 0.3 is 0 Å². The highest BCUT2D eigenvalue weighted by Gasteiger charge is 2.53. The van der Waals surface area contributed by atoms with Gasteiger partial charge in [0.2, 0.25) is 0 Å². The average molecular weight is 584 g/mol. The molecule has 1 atom stereocenters. The molecule has 0 bridgehead atoms. The molecule has 0 saturated heterocycles. The molecule has 0 amide bonds. The van der Waals surface area contributed by atoms with Crippen LogP contribution in [0.25, 0.3) is 0 Å². The zero-order valence-corrected chi connectivity index (χ0v) is 23.8. The monoisotopic (exact) mass is 583 g/mol. The summed E-state index contributed by atoms with van der Waals surface area (Å²) in [4.78, 5) is 31.4. The molecule has 0 spiro atoms. The van der Waals surface area contributed by atoms with Gasteiger partial charge in [-0.15, -0.1) is 4.40 Å². The van der Waals surface area contributed by atoms with E-state index in [1.54, 1.807) is 25.2 Å². The Balaban J connectivity index is 1.54.